The molecule has 118 valence electrons. The summed E-state index contributed by atoms with van der Waals surface area (Å²) in [6.45, 7) is 6.26. The molecule has 0 bridgehead atoms. The van der Waals surface area contributed by atoms with Crippen LogP contribution in [-0.2, 0) is 5.66 Å². The molecule has 0 fully saturated rings. The number of nitrogens with one attached hydrogen (secondary N) is 1. The van der Waals surface area contributed by atoms with Crippen molar-refractivity contribution in [2.75, 3.05) is 19.0 Å². The minimum Gasteiger partial charge on any atom is -0.497 e. The molecule has 1 atom stereocenters. The highest BCUT2D eigenvalue weighted by atomic mass is 16.5. The first-order chi connectivity index (χ1) is 11.1. The molecule has 2 aromatic rings. The standard InChI is InChI=1S/C19H20N2O2/c1-4-13-21-18(22)16-7-5-6-8-17(16)20-19(21,2)14-9-11-15(23-3)12-10-14/h4-12,20H,1,13H2,2-3H3. The van der Waals surface area contributed by atoms with Crippen LogP contribution in [0.1, 0.15) is 22.8 Å². The molecule has 0 aliphatic carbocycles. The second-order valence-corrected chi connectivity index (χ2v) is 5.68. The molecule has 23 heavy (non-hydrogen) atoms. The van der Waals surface area contributed by atoms with Crippen LogP contribution in [0.5, 0.6) is 5.75 Å². The molecule has 1 amide bonds. The van der Waals surface area contributed by atoms with Crippen molar-refractivity contribution in [1.29, 1.82) is 0 Å². The highest BCUT2D eigenvalue weighted by Gasteiger charge is 2.41. The number of amides is 1. The molecule has 0 spiro atoms. The van der Waals surface area contributed by atoms with Crippen molar-refractivity contribution in [3.8, 4) is 5.75 Å². The molecule has 1 heterocycles. The molecule has 0 aromatic heterocycles. The summed E-state index contributed by atoms with van der Waals surface area (Å²) >= 11 is 0. The van der Waals surface area contributed by atoms with Gasteiger partial charge in [0.25, 0.3) is 5.91 Å². The summed E-state index contributed by atoms with van der Waals surface area (Å²) in [5, 5.41) is 3.51. The van der Waals surface area contributed by atoms with Gasteiger partial charge in [-0.3, -0.25) is 4.79 Å². The smallest absolute Gasteiger partial charge is 0.258 e. The fraction of sp³-hybridized carbons (Fsp3) is 0.211. The van der Waals surface area contributed by atoms with Gasteiger partial charge in [-0.25, -0.2) is 0 Å². The van der Waals surface area contributed by atoms with Gasteiger partial charge in [0.15, 0.2) is 0 Å². The van der Waals surface area contributed by atoms with Gasteiger partial charge in [-0.05, 0) is 36.8 Å². The number of carbonyl (C=O) groups is 1. The first kappa shape index (κ1) is 15.2. The van der Waals surface area contributed by atoms with Gasteiger partial charge in [0.1, 0.15) is 11.4 Å². The summed E-state index contributed by atoms with van der Waals surface area (Å²) < 4.78 is 5.22. The minimum atomic E-state index is -0.647. The zero-order chi connectivity index (χ0) is 16.4. The summed E-state index contributed by atoms with van der Waals surface area (Å²) in [4.78, 5) is 14.7. The van der Waals surface area contributed by atoms with Crippen LogP contribution in [0.25, 0.3) is 0 Å². The Morgan fingerprint density at radius 2 is 1.91 bits per heavy atom. The van der Waals surface area contributed by atoms with Crippen LogP contribution in [0.15, 0.2) is 61.2 Å². The number of nitrogens with zero attached hydrogens (tertiary/aromatic N) is 1. The van der Waals surface area contributed by atoms with Gasteiger partial charge >= 0.3 is 0 Å². The third-order valence-electron chi connectivity index (χ3n) is 4.28. The van der Waals surface area contributed by atoms with E-state index >= 15 is 0 Å². The average molecular weight is 308 g/mol. The lowest BCUT2D eigenvalue weighted by molar-refractivity contribution is 0.0572. The molecule has 4 nitrogen and oxygen atoms in total. The molecule has 0 saturated carbocycles. The highest BCUT2D eigenvalue weighted by molar-refractivity contribution is 6.02. The number of fused-ring (bicyclic) bond motifs is 1. The lowest BCUT2D eigenvalue weighted by atomic mass is 9.93. The topological polar surface area (TPSA) is 41.6 Å². The lowest BCUT2D eigenvalue weighted by Gasteiger charge is -2.46. The van der Waals surface area contributed by atoms with E-state index in [0.29, 0.717) is 12.1 Å². The first-order valence-corrected chi connectivity index (χ1v) is 7.55. The number of ether oxygens (including phenoxy) is 1. The van der Waals surface area contributed by atoms with E-state index < -0.39 is 5.66 Å². The largest absolute Gasteiger partial charge is 0.497 e. The normalized spacial score (nSPS) is 19.7. The number of anilines is 1. The summed E-state index contributed by atoms with van der Waals surface area (Å²) in [7, 11) is 1.64. The van der Waals surface area contributed by atoms with Crippen LogP contribution in [0.4, 0.5) is 5.69 Å². The van der Waals surface area contributed by atoms with E-state index in [1.807, 2.05) is 55.5 Å². The number of rotatable bonds is 4. The van der Waals surface area contributed by atoms with Crippen molar-refractivity contribution in [3.63, 3.8) is 0 Å². The number of carbonyl (C=O) groups excluding carboxylic acids is 1. The van der Waals surface area contributed by atoms with E-state index in [2.05, 4.69) is 11.9 Å². The predicted octanol–water partition coefficient (Wildman–Crippen LogP) is 3.62. The van der Waals surface area contributed by atoms with Gasteiger partial charge < -0.3 is 15.0 Å². The summed E-state index contributed by atoms with van der Waals surface area (Å²) in [6, 6.07) is 15.3. The molecule has 1 aliphatic rings. The molecule has 0 saturated heterocycles. The van der Waals surface area contributed by atoms with Crippen LogP contribution in [0.2, 0.25) is 0 Å². The zero-order valence-corrected chi connectivity index (χ0v) is 13.4. The Balaban J connectivity index is 2.10. The van der Waals surface area contributed by atoms with Gasteiger partial charge in [-0.1, -0.05) is 30.3 Å². The van der Waals surface area contributed by atoms with Crippen molar-refractivity contribution in [2.24, 2.45) is 0 Å². The summed E-state index contributed by atoms with van der Waals surface area (Å²) in [5.41, 5.74) is 1.87. The van der Waals surface area contributed by atoms with Gasteiger partial charge in [0.05, 0.1) is 12.7 Å². The van der Waals surface area contributed by atoms with Crippen LogP contribution >= 0.6 is 0 Å². The van der Waals surface area contributed by atoms with Crippen molar-refractivity contribution in [1.82, 2.24) is 4.90 Å². The maximum atomic E-state index is 12.9. The Bertz CT molecular complexity index is 739. The van der Waals surface area contributed by atoms with Gasteiger partial charge in [-0.15, -0.1) is 6.58 Å². The van der Waals surface area contributed by atoms with E-state index in [-0.39, 0.29) is 5.91 Å². The van der Waals surface area contributed by atoms with Gasteiger partial charge in [0, 0.05) is 12.2 Å². The average Bonchev–Trinajstić information content (AvgIpc) is 2.59. The maximum absolute atomic E-state index is 12.9. The minimum absolute atomic E-state index is 0.00225. The third-order valence-corrected chi connectivity index (χ3v) is 4.28. The third kappa shape index (κ3) is 2.46. The Hall–Kier alpha value is -2.75. The van der Waals surface area contributed by atoms with E-state index in [1.54, 1.807) is 18.1 Å². The molecule has 4 heteroatoms. The van der Waals surface area contributed by atoms with Crippen molar-refractivity contribution < 1.29 is 9.53 Å². The van der Waals surface area contributed by atoms with Gasteiger partial charge in [0.2, 0.25) is 0 Å². The fourth-order valence-corrected chi connectivity index (χ4v) is 2.99. The summed E-state index contributed by atoms with van der Waals surface area (Å²) in [5.74, 6) is 0.785. The molecular formula is C19H20N2O2. The van der Waals surface area contributed by atoms with Crippen molar-refractivity contribution in [3.05, 3.63) is 72.3 Å². The zero-order valence-electron chi connectivity index (χ0n) is 13.4. The number of methoxy groups -OCH3 is 1. The van der Waals surface area contributed by atoms with E-state index in [0.717, 1.165) is 17.0 Å². The molecule has 2 aromatic carbocycles. The van der Waals surface area contributed by atoms with Crippen LogP contribution in [-0.4, -0.2) is 24.5 Å². The molecule has 1 aliphatic heterocycles. The van der Waals surface area contributed by atoms with E-state index in [9.17, 15) is 4.79 Å². The number of benzene rings is 2. The maximum Gasteiger partial charge on any atom is 0.258 e. The molecular weight excluding hydrogens is 288 g/mol. The second-order valence-electron chi connectivity index (χ2n) is 5.68. The Kier molecular flexibility index (Phi) is 3.82. The first-order valence-electron chi connectivity index (χ1n) is 7.55. The summed E-state index contributed by atoms with van der Waals surface area (Å²) in [6.07, 6.45) is 1.75. The molecule has 3 rings (SSSR count). The van der Waals surface area contributed by atoms with Crippen molar-refractivity contribution in [2.45, 2.75) is 12.6 Å². The van der Waals surface area contributed by atoms with Crippen molar-refractivity contribution >= 4 is 11.6 Å². The Morgan fingerprint density at radius 3 is 2.57 bits per heavy atom. The molecule has 1 N–H and O–H groups in total. The monoisotopic (exact) mass is 308 g/mol. The van der Waals surface area contributed by atoms with Crippen LogP contribution in [0, 0.1) is 0 Å². The molecule has 0 radical (unpaired) electrons. The number of hydrogen-bond donors (Lipinski definition) is 1. The predicted molar refractivity (Wildman–Crippen MR) is 91.6 cm³/mol. The highest BCUT2D eigenvalue weighted by Crippen LogP contribution is 2.38. The number of para-hydroxylation sites is 1. The van der Waals surface area contributed by atoms with E-state index in [1.165, 1.54) is 0 Å². The van der Waals surface area contributed by atoms with Crippen LogP contribution in [0.3, 0.4) is 0 Å². The van der Waals surface area contributed by atoms with Gasteiger partial charge in [-0.2, -0.15) is 0 Å². The number of hydrogen-bond acceptors (Lipinski definition) is 3. The van der Waals surface area contributed by atoms with E-state index in [4.69, 9.17) is 4.74 Å². The van der Waals surface area contributed by atoms with Crippen LogP contribution < -0.4 is 10.1 Å². The quantitative estimate of drug-likeness (QED) is 0.877. The Labute approximate surface area is 136 Å². The lowest BCUT2D eigenvalue weighted by Crippen LogP contribution is -2.55. The Morgan fingerprint density at radius 1 is 1.22 bits per heavy atom. The molecule has 1 unspecified atom stereocenters. The SMILES string of the molecule is C=CCN1C(=O)c2ccccc2NC1(C)c1ccc(OC)cc1. The fourth-order valence-electron chi connectivity index (χ4n) is 2.99. The second kappa shape index (κ2) is 5.80.